The third-order valence-electron chi connectivity index (χ3n) is 5.23. The number of carbonyl (C=O) groups excluding carboxylic acids is 1. The van der Waals surface area contributed by atoms with Gasteiger partial charge in [-0.05, 0) is 42.0 Å². The maximum atomic E-state index is 13.6. The molecule has 3 aromatic carbocycles. The Morgan fingerprint density at radius 2 is 1.79 bits per heavy atom. The smallest absolute Gasteiger partial charge is 0.240 e. The van der Waals surface area contributed by atoms with E-state index in [9.17, 15) is 9.18 Å². The van der Waals surface area contributed by atoms with E-state index in [-0.39, 0.29) is 18.3 Å². The lowest BCUT2D eigenvalue weighted by molar-refractivity contribution is -0.116. The van der Waals surface area contributed by atoms with E-state index in [0.29, 0.717) is 27.4 Å². The van der Waals surface area contributed by atoms with Crippen LogP contribution in [0, 0.1) is 5.82 Å². The zero-order valence-electron chi connectivity index (χ0n) is 17.7. The first kappa shape index (κ1) is 22.2. The summed E-state index contributed by atoms with van der Waals surface area (Å²) in [6.45, 7) is 0.178. The Balaban J connectivity index is 1.43. The third-order valence-corrected chi connectivity index (χ3v) is 6.78. The van der Waals surface area contributed by atoms with Crippen molar-refractivity contribution < 1.29 is 13.9 Å². The fourth-order valence-corrected chi connectivity index (χ4v) is 4.83. The number of carbonyl (C=O) groups is 1. The number of para-hydroxylation sites is 2. The molecule has 1 aliphatic rings. The minimum absolute atomic E-state index is 0.178. The number of rotatable bonds is 6. The predicted octanol–water partition coefficient (Wildman–Crippen LogP) is 5.05. The van der Waals surface area contributed by atoms with Crippen LogP contribution in [0.2, 0.25) is 5.02 Å². The van der Waals surface area contributed by atoms with Crippen LogP contribution in [0.1, 0.15) is 17.4 Å². The molecule has 0 unspecified atom stereocenters. The monoisotopic (exact) mass is 495 g/mol. The first-order valence-corrected chi connectivity index (χ1v) is 11.7. The lowest BCUT2D eigenvalue weighted by Crippen LogP contribution is -2.41. The van der Waals surface area contributed by atoms with Gasteiger partial charge in [-0.1, -0.05) is 65.8 Å². The number of fused-ring (bicyclic) bond motifs is 1. The van der Waals surface area contributed by atoms with E-state index < -0.39 is 11.3 Å². The number of ether oxygens (including phenoxy) is 1. The summed E-state index contributed by atoms with van der Waals surface area (Å²) < 4.78 is 21.1. The van der Waals surface area contributed by atoms with Gasteiger partial charge in [0.05, 0.1) is 16.8 Å². The van der Waals surface area contributed by atoms with Gasteiger partial charge in [0.15, 0.2) is 5.82 Å². The first-order chi connectivity index (χ1) is 16.6. The highest BCUT2D eigenvalue weighted by Crippen LogP contribution is 2.38. The molecule has 0 saturated heterocycles. The highest BCUT2D eigenvalue weighted by atomic mass is 35.5. The molecule has 1 amide bonds. The van der Waals surface area contributed by atoms with Gasteiger partial charge in [-0.15, -0.1) is 10.2 Å². The molecule has 0 radical (unpaired) electrons. The van der Waals surface area contributed by atoms with Gasteiger partial charge >= 0.3 is 0 Å². The number of thioether (sulfide) groups is 1. The summed E-state index contributed by atoms with van der Waals surface area (Å²) in [4.78, 5) is 13.3. The second-order valence-electron chi connectivity index (χ2n) is 7.50. The topological polar surface area (TPSA) is 81.1 Å². The Morgan fingerprint density at radius 1 is 1.06 bits per heavy atom. The van der Waals surface area contributed by atoms with Crippen molar-refractivity contribution >= 4 is 35.0 Å². The molecule has 2 heterocycles. The maximum Gasteiger partial charge on any atom is 0.240 e. The highest BCUT2D eigenvalue weighted by Gasteiger charge is 2.38. The molecule has 172 valence electrons. The normalized spacial score (nSPS) is 16.9. The van der Waals surface area contributed by atoms with Crippen LogP contribution >= 0.6 is 23.4 Å². The van der Waals surface area contributed by atoms with Gasteiger partial charge in [-0.25, -0.2) is 9.07 Å². The summed E-state index contributed by atoms with van der Waals surface area (Å²) in [5.74, 6) is 0.626. The molecule has 34 heavy (non-hydrogen) atoms. The number of nitrogens with zero attached hydrogens (tertiary/aromatic N) is 3. The molecule has 0 fully saturated rings. The number of aromatic nitrogens is 3. The summed E-state index contributed by atoms with van der Waals surface area (Å²) in [5, 5.41) is 11.7. The summed E-state index contributed by atoms with van der Waals surface area (Å²) in [5.41, 5.74) is 4.57. The molecule has 4 aromatic rings. The predicted molar refractivity (Wildman–Crippen MR) is 129 cm³/mol. The van der Waals surface area contributed by atoms with Crippen LogP contribution < -0.4 is 15.5 Å². The molecule has 7 nitrogen and oxygen atoms in total. The molecule has 1 aliphatic heterocycles. The Kier molecular flexibility index (Phi) is 6.37. The van der Waals surface area contributed by atoms with Crippen LogP contribution in [0.4, 0.5) is 10.1 Å². The molecular formula is C24H19ClFN5O2S. The van der Waals surface area contributed by atoms with Gasteiger partial charge in [0.1, 0.15) is 23.4 Å². The van der Waals surface area contributed by atoms with Crippen molar-refractivity contribution in [3.8, 4) is 5.75 Å². The van der Waals surface area contributed by atoms with E-state index in [2.05, 4.69) is 20.9 Å². The van der Waals surface area contributed by atoms with Gasteiger partial charge in [0.2, 0.25) is 11.1 Å². The largest absolute Gasteiger partial charge is 0.486 e. The summed E-state index contributed by atoms with van der Waals surface area (Å²) in [6.07, 6.45) is 0. The molecule has 0 saturated carbocycles. The number of anilines is 1. The number of hydrogen-bond donors (Lipinski definition) is 2. The third kappa shape index (κ3) is 4.71. The van der Waals surface area contributed by atoms with Crippen molar-refractivity contribution in [1.29, 1.82) is 0 Å². The molecular weight excluding hydrogens is 477 g/mol. The molecule has 2 atom stereocenters. The van der Waals surface area contributed by atoms with Crippen molar-refractivity contribution in [2.24, 2.45) is 0 Å². The lowest BCUT2D eigenvalue weighted by atomic mass is 10.0. The summed E-state index contributed by atoms with van der Waals surface area (Å²) >= 11 is 7.49. The number of halogens is 2. The van der Waals surface area contributed by atoms with Crippen molar-refractivity contribution in [3.63, 3.8) is 0 Å². The number of benzene rings is 3. The van der Waals surface area contributed by atoms with Crippen LogP contribution in [-0.4, -0.2) is 26.0 Å². The van der Waals surface area contributed by atoms with Crippen LogP contribution in [0.15, 0.2) is 84.0 Å². The molecule has 10 heteroatoms. The fourth-order valence-electron chi connectivity index (χ4n) is 3.54. The maximum absolute atomic E-state index is 13.6. The van der Waals surface area contributed by atoms with E-state index in [1.807, 2.05) is 30.3 Å². The zero-order chi connectivity index (χ0) is 23.5. The highest BCUT2D eigenvalue weighted by molar-refractivity contribution is 8.00. The summed E-state index contributed by atoms with van der Waals surface area (Å²) in [7, 11) is 0. The van der Waals surface area contributed by atoms with E-state index in [4.69, 9.17) is 16.3 Å². The second kappa shape index (κ2) is 9.74. The average Bonchev–Trinajstić information content (AvgIpc) is 3.26. The average molecular weight is 496 g/mol. The van der Waals surface area contributed by atoms with Gasteiger partial charge < -0.3 is 15.5 Å². The van der Waals surface area contributed by atoms with E-state index >= 15 is 0 Å². The summed E-state index contributed by atoms with van der Waals surface area (Å²) in [6, 6.07) is 21.9. The number of hydrogen-bond acceptors (Lipinski definition) is 6. The minimum Gasteiger partial charge on any atom is -0.486 e. The van der Waals surface area contributed by atoms with Gasteiger partial charge in [0, 0.05) is 0 Å². The molecule has 1 aromatic heterocycles. The number of nitrogens with one attached hydrogen (secondary N) is 2. The van der Waals surface area contributed by atoms with Crippen molar-refractivity contribution in [2.75, 3.05) is 10.7 Å². The molecule has 0 bridgehead atoms. The molecule has 0 aliphatic carbocycles. The Morgan fingerprint density at radius 3 is 2.56 bits per heavy atom. The Labute approximate surface area is 204 Å². The zero-order valence-corrected chi connectivity index (χ0v) is 19.3. The van der Waals surface area contributed by atoms with Gasteiger partial charge in [0.25, 0.3) is 0 Å². The van der Waals surface area contributed by atoms with E-state index in [1.54, 1.807) is 41.1 Å². The quantitative estimate of drug-likeness (QED) is 0.390. The minimum atomic E-state index is -0.624. The van der Waals surface area contributed by atoms with Crippen molar-refractivity contribution in [3.05, 3.63) is 101 Å². The van der Waals surface area contributed by atoms with Crippen molar-refractivity contribution in [1.82, 2.24) is 14.9 Å². The lowest BCUT2D eigenvalue weighted by Gasteiger charge is -2.33. The van der Waals surface area contributed by atoms with Crippen LogP contribution in [0.3, 0.4) is 0 Å². The number of amides is 1. The molecule has 2 N–H and O–H groups in total. The Hall–Kier alpha value is -3.56. The standard InChI is InChI=1S/C24H19ClFN5O2S/c25-18-8-4-5-9-19(18)27-23(32)22-21(15-10-12-16(26)13-11-15)30-31-20(28-29-24(31)34-22)14-33-17-6-2-1-3-7-17/h1-13,21-22,30H,14H2,(H,27,32)/t21-,22+/m0/s1. The van der Waals surface area contributed by atoms with Gasteiger partial charge in [-0.3, -0.25) is 4.79 Å². The van der Waals surface area contributed by atoms with Crippen LogP contribution in [0.5, 0.6) is 5.75 Å². The fraction of sp³-hybridized carbons (Fsp3) is 0.125. The van der Waals surface area contributed by atoms with Crippen LogP contribution in [-0.2, 0) is 11.4 Å². The van der Waals surface area contributed by atoms with Crippen molar-refractivity contribution in [2.45, 2.75) is 23.1 Å². The van der Waals surface area contributed by atoms with E-state index in [1.165, 1.54) is 23.9 Å². The van der Waals surface area contributed by atoms with E-state index in [0.717, 1.165) is 5.56 Å². The van der Waals surface area contributed by atoms with Crippen LogP contribution in [0.25, 0.3) is 0 Å². The molecule has 5 rings (SSSR count). The first-order valence-electron chi connectivity index (χ1n) is 10.4. The SMILES string of the molecule is O=C(Nc1ccccc1Cl)[C@@H]1Sc2nnc(COc3ccccc3)n2N[C@H]1c1ccc(F)cc1. The molecule has 0 spiro atoms. The second-order valence-corrected chi connectivity index (χ2v) is 9.02. The Bertz CT molecular complexity index is 1300. The van der Waals surface area contributed by atoms with Gasteiger partial charge in [-0.2, -0.15) is 0 Å².